The normalized spacial score (nSPS) is 15.4. The third-order valence-corrected chi connectivity index (χ3v) is 4.37. The molecule has 1 fully saturated rings. The highest BCUT2D eigenvalue weighted by Crippen LogP contribution is 2.40. The van der Waals surface area contributed by atoms with E-state index in [-0.39, 0.29) is 12.5 Å². The molecule has 2 aromatic rings. The quantitative estimate of drug-likeness (QED) is 0.808. The third-order valence-electron chi connectivity index (χ3n) is 4.37. The zero-order valence-corrected chi connectivity index (χ0v) is 13.8. The van der Waals surface area contributed by atoms with Gasteiger partial charge in [0.2, 0.25) is 0 Å². The predicted molar refractivity (Wildman–Crippen MR) is 86.9 cm³/mol. The Hall–Kier alpha value is -2.44. The molecule has 0 saturated heterocycles. The Labute approximate surface area is 139 Å². The van der Waals surface area contributed by atoms with Crippen molar-refractivity contribution >= 4 is 23.0 Å². The van der Waals surface area contributed by atoms with Gasteiger partial charge in [-0.05, 0) is 32.3 Å². The molecule has 1 aliphatic carbocycles. The van der Waals surface area contributed by atoms with E-state index in [2.05, 4.69) is 15.5 Å². The fraction of sp³-hybridized carbons (Fsp3) is 0.529. The van der Waals surface area contributed by atoms with E-state index in [1.165, 1.54) is 0 Å². The molecule has 7 nitrogen and oxygen atoms in total. The van der Waals surface area contributed by atoms with Crippen LogP contribution in [0.3, 0.4) is 0 Å². The molecule has 0 aliphatic heterocycles. The lowest BCUT2D eigenvalue weighted by atomic mass is 10.0. The number of pyridine rings is 1. The second-order valence-corrected chi connectivity index (χ2v) is 6.35. The third kappa shape index (κ3) is 3.25. The van der Waals surface area contributed by atoms with Crippen LogP contribution in [0.1, 0.15) is 60.3 Å². The summed E-state index contributed by atoms with van der Waals surface area (Å²) >= 11 is 0. The van der Waals surface area contributed by atoms with Gasteiger partial charge in [0.25, 0.3) is 11.6 Å². The number of nitrogens with one attached hydrogen (secondary N) is 1. The van der Waals surface area contributed by atoms with Crippen molar-refractivity contribution in [3.8, 4) is 0 Å². The summed E-state index contributed by atoms with van der Waals surface area (Å²) in [4.78, 5) is 28.3. The highest BCUT2D eigenvalue weighted by Gasteiger charge is 2.29. The van der Waals surface area contributed by atoms with Gasteiger partial charge >= 0.3 is 5.97 Å². The first-order valence-corrected chi connectivity index (χ1v) is 8.29. The fourth-order valence-corrected chi connectivity index (χ4v) is 2.85. The van der Waals surface area contributed by atoms with Crippen molar-refractivity contribution in [2.45, 2.75) is 45.4 Å². The molecule has 1 aliphatic rings. The van der Waals surface area contributed by atoms with E-state index in [4.69, 9.17) is 4.52 Å². The number of aliphatic carboxylic acids is 1. The Kier molecular flexibility index (Phi) is 4.51. The van der Waals surface area contributed by atoms with Crippen LogP contribution < -0.4 is 5.32 Å². The number of hydrogen-bond acceptors (Lipinski definition) is 5. The van der Waals surface area contributed by atoms with E-state index in [0.29, 0.717) is 34.7 Å². The zero-order valence-electron chi connectivity index (χ0n) is 13.8. The van der Waals surface area contributed by atoms with Crippen LogP contribution in [0, 0.1) is 12.8 Å². The first kappa shape index (κ1) is 16.4. The average Bonchev–Trinajstić information content (AvgIpc) is 3.34. The van der Waals surface area contributed by atoms with Crippen LogP contribution in [0.5, 0.6) is 0 Å². The highest BCUT2D eigenvalue weighted by atomic mass is 16.5. The van der Waals surface area contributed by atoms with Gasteiger partial charge in [-0.25, -0.2) is 4.98 Å². The number of hydrogen-bond donors (Lipinski definition) is 2. The Bertz CT molecular complexity index is 779. The van der Waals surface area contributed by atoms with Gasteiger partial charge in [-0.1, -0.05) is 18.5 Å². The lowest BCUT2D eigenvalue weighted by Crippen LogP contribution is -2.33. The number of aromatic nitrogens is 2. The van der Waals surface area contributed by atoms with Crippen LogP contribution in [-0.2, 0) is 4.79 Å². The summed E-state index contributed by atoms with van der Waals surface area (Å²) in [7, 11) is 0. The van der Waals surface area contributed by atoms with Gasteiger partial charge in [-0.3, -0.25) is 9.59 Å². The molecule has 1 unspecified atom stereocenters. The zero-order chi connectivity index (χ0) is 17.3. The summed E-state index contributed by atoms with van der Waals surface area (Å²) in [5.74, 6) is -1.41. The Morgan fingerprint density at radius 3 is 2.83 bits per heavy atom. The van der Waals surface area contributed by atoms with Crippen LogP contribution in [0.25, 0.3) is 11.1 Å². The van der Waals surface area contributed by atoms with Crippen LogP contribution in [-0.4, -0.2) is 33.7 Å². The number of carbonyl (C=O) groups excluding carboxylic acids is 1. The van der Waals surface area contributed by atoms with Crippen molar-refractivity contribution in [2.24, 2.45) is 5.92 Å². The largest absolute Gasteiger partial charge is 0.481 e. The van der Waals surface area contributed by atoms with Crippen molar-refractivity contribution in [2.75, 3.05) is 6.54 Å². The number of amides is 1. The Morgan fingerprint density at radius 2 is 2.21 bits per heavy atom. The number of aryl methyl sites for hydroxylation is 1. The number of carboxylic acid groups (broad SMARTS) is 1. The van der Waals surface area contributed by atoms with Gasteiger partial charge in [0.05, 0.1) is 22.6 Å². The van der Waals surface area contributed by atoms with E-state index < -0.39 is 11.9 Å². The standard InChI is InChI=1S/C17H21N3O4/c1-3-4-11(17(22)23)8-18-15(21)12-7-13(10-5-6-10)19-16-14(12)9(2)20-24-16/h7,10-11H,3-6,8H2,1-2H3,(H,18,21)(H,22,23). The number of carbonyl (C=O) groups is 2. The summed E-state index contributed by atoms with van der Waals surface area (Å²) in [6, 6.07) is 1.79. The summed E-state index contributed by atoms with van der Waals surface area (Å²) in [5.41, 5.74) is 2.27. The molecular weight excluding hydrogens is 310 g/mol. The minimum absolute atomic E-state index is 0.106. The minimum atomic E-state index is -0.892. The molecule has 0 radical (unpaired) electrons. The van der Waals surface area contributed by atoms with Gasteiger partial charge in [-0.2, -0.15) is 0 Å². The summed E-state index contributed by atoms with van der Waals surface area (Å²) < 4.78 is 5.23. The van der Waals surface area contributed by atoms with E-state index in [1.807, 2.05) is 6.92 Å². The minimum Gasteiger partial charge on any atom is -0.481 e. The molecule has 128 valence electrons. The number of rotatable bonds is 7. The molecule has 0 aromatic carbocycles. The van der Waals surface area contributed by atoms with Gasteiger partial charge < -0.3 is 14.9 Å². The first-order valence-electron chi connectivity index (χ1n) is 8.29. The summed E-state index contributed by atoms with van der Waals surface area (Å²) in [6.07, 6.45) is 3.40. The molecule has 1 amide bonds. The van der Waals surface area contributed by atoms with Crippen molar-refractivity contribution < 1.29 is 19.2 Å². The smallest absolute Gasteiger partial charge is 0.308 e. The van der Waals surface area contributed by atoms with E-state index in [9.17, 15) is 14.7 Å². The molecule has 0 bridgehead atoms. The van der Waals surface area contributed by atoms with Crippen molar-refractivity contribution in [3.05, 3.63) is 23.0 Å². The summed E-state index contributed by atoms with van der Waals surface area (Å²) in [6.45, 7) is 3.79. The average molecular weight is 331 g/mol. The van der Waals surface area contributed by atoms with Crippen molar-refractivity contribution in [1.29, 1.82) is 0 Å². The molecule has 1 atom stereocenters. The maximum Gasteiger partial charge on any atom is 0.308 e. The molecular formula is C17H21N3O4. The first-order chi connectivity index (χ1) is 11.5. The van der Waals surface area contributed by atoms with Crippen molar-refractivity contribution in [3.63, 3.8) is 0 Å². The Morgan fingerprint density at radius 1 is 1.46 bits per heavy atom. The van der Waals surface area contributed by atoms with Gasteiger partial charge in [0.15, 0.2) is 0 Å². The second kappa shape index (κ2) is 6.59. The maximum atomic E-state index is 12.6. The number of fused-ring (bicyclic) bond motifs is 1. The molecule has 2 N–H and O–H groups in total. The van der Waals surface area contributed by atoms with Crippen LogP contribution >= 0.6 is 0 Å². The monoisotopic (exact) mass is 331 g/mol. The molecule has 2 aromatic heterocycles. The van der Waals surface area contributed by atoms with Crippen molar-refractivity contribution in [1.82, 2.24) is 15.5 Å². The molecule has 3 rings (SSSR count). The molecule has 0 spiro atoms. The van der Waals surface area contributed by atoms with E-state index in [0.717, 1.165) is 25.0 Å². The maximum absolute atomic E-state index is 12.6. The number of nitrogens with zero attached hydrogens (tertiary/aromatic N) is 2. The Balaban J connectivity index is 1.85. The SMILES string of the molecule is CCCC(CNC(=O)c1cc(C2CC2)nc2onc(C)c12)C(=O)O. The summed E-state index contributed by atoms with van der Waals surface area (Å²) in [5, 5.41) is 16.5. The molecule has 7 heteroatoms. The lowest BCUT2D eigenvalue weighted by Gasteiger charge is -2.13. The highest BCUT2D eigenvalue weighted by molar-refractivity contribution is 6.06. The van der Waals surface area contributed by atoms with Gasteiger partial charge in [0, 0.05) is 18.2 Å². The fourth-order valence-electron chi connectivity index (χ4n) is 2.85. The van der Waals surface area contributed by atoms with Crippen LogP contribution in [0.15, 0.2) is 10.6 Å². The molecule has 1 saturated carbocycles. The van der Waals surface area contributed by atoms with Gasteiger partial charge in [-0.15, -0.1) is 0 Å². The second-order valence-electron chi connectivity index (χ2n) is 6.35. The van der Waals surface area contributed by atoms with Crippen LogP contribution in [0.2, 0.25) is 0 Å². The lowest BCUT2D eigenvalue weighted by molar-refractivity contribution is -0.141. The topological polar surface area (TPSA) is 105 Å². The van der Waals surface area contributed by atoms with Gasteiger partial charge in [0.1, 0.15) is 0 Å². The molecule has 2 heterocycles. The van der Waals surface area contributed by atoms with E-state index in [1.54, 1.807) is 13.0 Å². The van der Waals surface area contributed by atoms with E-state index >= 15 is 0 Å². The predicted octanol–water partition coefficient (Wildman–Crippen LogP) is 2.64. The van der Waals surface area contributed by atoms with Crippen LogP contribution in [0.4, 0.5) is 0 Å². The molecule has 24 heavy (non-hydrogen) atoms. The number of carboxylic acids is 1.